The van der Waals surface area contributed by atoms with Crippen LogP contribution in [-0.2, 0) is 16.1 Å². The Bertz CT molecular complexity index is 858. The van der Waals surface area contributed by atoms with E-state index < -0.39 is 11.6 Å². The quantitative estimate of drug-likeness (QED) is 0.683. The molecule has 1 amide bonds. The fourth-order valence-electron chi connectivity index (χ4n) is 2.98. The van der Waals surface area contributed by atoms with Crippen LogP contribution in [0.25, 0.3) is 0 Å². The number of aromatic nitrogens is 1. The van der Waals surface area contributed by atoms with Crippen LogP contribution in [0.15, 0.2) is 23.6 Å². The smallest absolute Gasteiger partial charge is 0.310 e. The van der Waals surface area contributed by atoms with Crippen LogP contribution in [-0.4, -0.2) is 41.5 Å². The van der Waals surface area contributed by atoms with Gasteiger partial charge < -0.3 is 14.4 Å². The maximum absolute atomic E-state index is 13.6. The van der Waals surface area contributed by atoms with Crippen molar-refractivity contribution < 1.29 is 27.8 Å². The van der Waals surface area contributed by atoms with E-state index in [2.05, 4.69) is 4.98 Å². The number of nitrogens with zero attached hydrogens (tertiary/aromatic N) is 2. The molecule has 6 nitrogen and oxygen atoms in total. The van der Waals surface area contributed by atoms with Crippen molar-refractivity contribution in [2.24, 2.45) is 5.92 Å². The highest BCUT2D eigenvalue weighted by atomic mass is 32.1. The molecule has 1 atom stereocenters. The standard InChI is InChI=1S/C19H20F2N2O4S/c1-2-26-19(25)12-4-3-7-23(9-12)18(24)15-11-28-17(22-15)10-27-16-6-5-13(20)8-14(16)21/h5-6,8,11-12H,2-4,7,9-10H2,1H3/t12-/m0/s1. The van der Waals surface area contributed by atoms with Gasteiger partial charge in [-0.15, -0.1) is 11.3 Å². The Hall–Kier alpha value is -2.55. The Balaban J connectivity index is 1.59. The normalized spacial score (nSPS) is 16.7. The number of likely N-dealkylation sites (tertiary alicyclic amines) is 1. The Labute approximate surface area is 165 Å². The number of esters is 1. The number of halogens is 2. The molecule has 0 saturated carbocycles. The van der Waals surface area contributed by atoms with Crippen LogP contribution in [0.4, 0.5) is 8.78 Å². The molecule has 0 radical (unpaired) electrons. The number of thiazole rings is 1. The molecule has 0 unspecified atom stereocenters. The Kier molecular flexibility index (Phi) is 6.56. The molecule has 1 aromatic heterocycles. The fraction of sp³-hybridized carbons (Fsp3) is 0.421. The van der Waals surface area contributed by atoms with Crippen molar-refractivity contribution >= 4 is 23.2 Å². The molecule has 2 heterocycles. The van der Waals surface area contributed by atoms with Gasteiger partial charge in [0, 0.05) is 24.5 Å². The monoisotopic (exact) mass is 410 g/mol. The zero-order valence-corrected chi connectivity index (χ0v) is 16.1. The summed E-state index contributed by atoms with van der Waals surface area (Å²) in [6, 6.07) is 3.04. The summed E-state index contributed by atoms with van der Waals surface area (Å²) in [5.41, 5.74) is 0.257. The van der Waals surface area contributed by atoms with Gasteiger partial charge in [-0.3, -0.25) is 9.59 Å². The number of hydrogen-bond acceptors (Lipinski definition) is 6. The van der Waals surface area contributed by atoms with Crippen LogP contribution in [0, 0.1) is 17.6 Å². The molecule has 9 heteroatoms. The van der Waals surface area contributed by atoms with Crippen molar-refractivity contribution in [3.05, 3.63) is 45.9 Å². The van der Waals surface area contributed by atoms with Crippen molar-refractivity contribution in [1.29, 1.82) is 0 Å². The summed E-state index contributed by atoms with van der Waals surface area (Å²) in [6.45, 7) is 2.89. The van der Waals surface area contributed by atoms with Crippen LogP contribution >= 0.6 is 11.3 Å². The first-order valence-electron chi connectivity index (χ1n) is 8.96. The van der Waals surface area contributed by atoms with Gasteiger partial charge in [0.15, 0.2) is 11.6 Å². The molecule has 0 bridgehead atoms. The Morgan fingerprint density at radius 3 is 2.93 bits per heavy atom. The molecule has 0 aliphatic carbocycles. The van der Waals surface area contributed by atoms with E-state index in [0.29, 0.717) is 31.1 Å². The summed E-state index contributed by atoms with van der Waals surface area (Å²) in [4.78, 5) is 30.5. The second-order valence-electron chi connectivity index (χ2n) is 6.33. The molecule has 150 valence electrons. The lowest BCUT2D eigenvalue weighted by Gasteiger charge is -2.31. The summed E-state index contributed by atoms with van der Waals surface area (Å²) in [5, 5.41) is 2.10. The number of hydrogen-bond donors (Lipinski definition) is 0. The number of ether oxygens (including phenoxy) is 2. The molecule has 0 spiro atoms. The minimum absolute atomic E-state index is 0.0358. The highest BCUT2D eigenvalue weighted by Crippen LogP contribution is 2.22. The molecule has 2 aromatic rings. The molecule has 1 aliphatic heterocycles. The lowest BCUT2D eigenvalue weighted by atomic mass is 9.98. The third-order valence-electron chi connectivity index (χ3n) is 4.34. The summed E-state index contributed by atoms with van der Waals surface area (Å²) < 4.78 is 36.9. The number of carbonyl (C=O) groups excluding carboxylic acids is 2. The number of carbonyl (C=O) groups is 2. The summed E-state index contributed by atoms with van der Waals surface area (Å²) >= 11 is 1.21. The molecule has 28 heavy (non-hydrogen) atoms. The summed E-state index contributed by atoms with van der Waals surface area (Å²) in [5.74, 6) is -2.43. The number of piperidine rings is 1. The van der Waals surface area contributed by atoms with E-state index in [1.807, 2.05) is 0 Å². The molecular weight excluding hydrogens is 390 g/mol. The number of rotatable bonds is 6. The third kappa shape index (κ3) is 4.83. The summed E-state index contributed by atoms with van der Waals surface area (Å²) in [7, 11) is 0. The van der Waals surface area contributed by atoms with Gasteiger partial charge >= 0.3 is 5.97 Å². The maximum atomic E-state index is 13.6. The molecule has 1 saturated heterocycles. The molecule has 1 aromatic carbocycles. The lowest BCUT2D eigenvalue weighted by Crippen LogP contribution is -2.43. The van der Waals surface area contributed by atoms with E-state index in [1.54, 1.807) is 17.2 Å². The van der Waals surface area contributed by atoms with Crippen LogP contribution in [0.3, 0.4) is 0 Å². The van der Waals surface area contributed by atoms with E-state index >= 15 is 0 Å². The summed E-state index contributed by atoms with van der Waals surface area (Å²) in [6.07, 6.45) is 1.42. The third-order valence-corrected chi connectivity index (χ3v) is 5.17. The van der Waals surface area contributed by atoms with E-state index in [1.165, 1.54) is 17.4 Å². The fourth-order valence-corrected chi connectivity index (χ4v) is 3.66. The van der Waals surface area contributed by atoms with Crippen LogP contribution < -0.4 is 4.74 Å². The van der Waals surface area contributed by atoms with Crippen molar-refractivity contribution in [2.45, 2.75) is 26.4 Å². The maximum Gasteiger partial charge on any atom is 0.310 e. The average Bonchev–Trinajstić information content (AvgIpc) is 3.16. The molecule has 1 aliphatic rings. The van der Waals surface area contributed by atoms with Crippen molar-refractivity contribution in [1.82, 2.24) is 9.88 Å². The lowest BCUT2D eigenvalue weighted by molar-refractivity contribution is -0.149. The highest BCUT2D eigenvalue weighted by Gasteiger charge is 2.30. The topological polar surface area (TPSA) is 68.7 Å². The average molecular weight is 410 g/mol. The Morgan fingerprint density at radius 2 is 2.18 bits per heavy atom. The van der Waals surface area contributed by atoms with Gasteiger partial charge in [0.25, 0.3) is 5.91 Å². The Morgan fingerprint density at radius 1 is 1.36 bits per heavy atom. The van der Waals surface area contributed by atoms with Gasteiger partial charge in [-0.25, -0.2) is 13.8 Å². The van der Waals surface area contributed by atoms with E-state index in [0.717, 1.165) is 18.6 Å². The zero-order valence-electron chi connectivity index (χ0n) is 15.3. The second-order valence-corrected chi connectivity index (χ2v) is 7.27. The highest BCUT2D eigenvalue weighted by molar-refractivity contribution is 7.09. The van der Waals surface area contributed by atoms with Gasteiger partial charge in [-0.05, 0) is 31.9 Å². The van der Waals surface area contributed by atoms with E-state index in [9.17, 15) is 18.4 Å². The van der Waals surface area contributed by atoms with Gasteiger partial charge in [0.05, 0.1) is 12.5 Å². The molecule has 1 fully saturated rings. The minimum Gasteiger partial charge on any atom is -0.483 e. The number of amides is 1. The first kappa shape index (κ1) is 20.2. The second kappa shape index (κ2) is 9.09. The first-order valence-corrected chi connectivity index (χ1v) is 9.84. The predicted octanol–water partition coefficient (Wildman–Crippen LogP) is 3.42. The largest absolute Gasteiger partial charge is 0.483 e. The molecule has 0 N–H and O–H groups in total. The zero-order chi connectivity index (χ0) is 20.1. The van der Waals surface area contributed by atoms with Crippen LogP contribution in [0.1, 0.15) is 35.3 Å². The van der Waals surface area contributed by atoms with Gasteiger partial charge in [-0.1, -0.05) is 0 Å². The van der Waals surface area contributed by atoms with Crippen LogP contribution in [0.5, 0.6) is 5.75 Å². The van der Waals surface area contributed by atoms with Gasteiger partial charge in [0.2, 0.25) is 0 Å². The van der Waals surface area contributed by atoms with E-state index in [4.69, 9.17) is 9.47 Å². The van der Waals surface area contributed by atoms with Crippen molar-refractivity contribution in [3.8, 4) is 5.75 Å². The molecular formula is C19H20F2N2O4S. The molecule has 3 rings (SSSR count). The van der Waals surface area contributed by atoms with Crippen LogP contribution in [0.2, 0.25) is 0 Å². The minimum atomic E-state index is -0.800. The van der Waals surface area contributed by atoms with Gasteiger partial charge in [-0.2, -0.15) is 0 Å². The predicted molar refractivity (Wildman–Crippen MR) is 98.1 cm³/mol. The van der Waals surface area contributed by atoms with Crippen molar-refractivity contribution in [3.63, 3.8) is 0 Å². The SMILES string of the molecule is CCOC(=O)[C@H]1CCCN(C(=O)c2csc(COc3ccc(F)cc3F)n2)C1. The first-order chi connectivity index (χ1) is 13.5. The van der Waals surface area contributed by atoms with Crippen molar-refractivity contribution in [2.75, 3.05) is 19.7 Å². The number of benzene rings is 1. The van der Waals surface area contributed by atoms with E-state index in [-0.39, 0.29) is 35.8 Å². The van der Waals surface area contributed by atoms with Gasteiger partial charge in [0.1, 0.15) is 23.1 Å².